The van der Waals surface area contributed by atoms with Crippen molar-refractivity contribution in [2.45, 2.75) is 20.3 Å². The van der Waals surface area contributed by atoms with Crippen LogP contribution in [-0.2, 0) is 4.79 Å². The highest BCUT2D eigenvalue weighted by Crippen LogP contribution is 2.28. The Hall–Kier alpha value is -3.08. The van der Waals surface area contributed by atoms with E-state index >= 15 is 0 Å². The van der Waals surface area contributed by atoms with Gasteiger partial charge in [-0.2, -0.15) is 0 Å². The van der Waals surface area contributed by atoms with E-state index in [1.54, 1.807) is 6.20 Å². The fourth-order valence-corrected chi connectivity index (χ4v) is 3.46. The van der Waals surface area contributed by atoms with Crippen LogP contribution in [0.1, 0.15) is 23.1 Å². The lowest BCUT2D eigenvalue weighted by atomic mass is 9.99. The molecule has 1 aromatic carbocycles. The summed E-state index contributed by atoms with van der Waals surface area (Å²) < 4.78 is 5.76. The molecule has 1 N–H and O–H groups in total. The van der Waals surface area contributed by atoms with E-state index in [9.17, 15) is 4.79 Å². The number of benzene rings is 1. The number of aryl methyl sites for hydroxylation is 2. The quantitative estimate of drug-likeness (QED) is 0.767. The molecule has 5 nitrogen and oxygen atoms in total. The summed E-state index contributed by atoms with van der Waals surface area (Å²) in [4.78, 5) is 21.9. The third-order valence-corrected chi connectivity index (χ3v) is 5.05. The molecule has 0 fully saturated rings. The average Bonchev–Trinajstić information content (AvgIpc) is 3.13. The summed E-state index contributed by atoms with van der Waals surface area (Å²) in [5, 5.41) is 1.13. The third-order valence-electron chi connectivity index (χ3n) is 5.05. The van der Waals surface area contributed by atoms with Crippen molar-refractivity contribution < 1.29 is 9.53 Å². The first-order valence-corrected chi connectivity index (χ1v) is 9.21. The highest BCUT2D eigenvalue weighted by atomic mass is 16.5. The highest BCUT2D eigenvalue weighted by Gasteiger charge is 2.20. The van der Waals surface area contributed by atoms with Crippen LogP contribution in [0.25, 0.3) is 16.6 Å². The Morgan fingerprint density at radius 3 is 3.00 bits per heavy atom. The summed E-state index contributed by atoms with van der Waals surface area (Å²) in [6, 6.07) is 10.1. The van der Waals surface area contributed by atoms with Crippen LogP contribution >= 0.6 is 0 Å². The number of hydrogen-bond donors (Lipinski definition) is 1. The molecule has 5 heteroatoms. The second-order valence-electron chi connectivity index (χ2n) is 6.98. The summed E-state index contributed by atoms with van der Waals surface area (Å²) >= 11 is 0. The topological polar surface area (TPSA) is 58.2 Å². The lowest BCUT2D eigenvalue weighted by Gasteiger charge is -2.26. The average molecular weight is 361 g/mol. The summed E-state index contributed by atoms with van der Waals surface area (Å²) in [5.74, 6) is 0.801. The second-order valence-corrected chi connectivity index (χ2v) is 6.98. The molecule has 138 valence electrons. The Kier molecular flexibility index (Phi) is 4.67. The van der Waals surface area contributed by atoms with Gasteiger partial charge in [-0.15, -0.1) is 0 Å². The number of hydrogen-bond acceptors (Lipinski definition) is 3. The van der Waals surface area contributed by atoms with E-state index in [1.165, 1.54) is 11.1 Å². The van der Waals surface area contributed by atoms with E-state index in [-0.39, 0.29) is 12.5 Å². The minimum Gasteiger partial charge on any atom is -0.483 e. The molecule has 2 aromatic heterocycles. The molecule has 4 rings (SSSR count). The maximum atomic E-state index is 12.5. The van der Waals surface area contributed by atoms with E-state index in [0.717, 1.165) is 34.3 Å². The van der Waals surface area contributed by atoms with Crippen molar-refractivity contribution in [1.82, 2.24) is 14.9 Å². The van der Waals surface area contributed by atoms with Gasteiger partial charge in [-0.3, -0.25) is 4.79 Å². The molecule has 1 amide bonds. The Morgan fingerprint density at radius 2 is 2.19 bits per heavy atom. The van der Waals surface area contributed by atoms with Gasteiger partial charge in [-0.05, 0) is 55.2 Å². The van der Waals surface area contributed by atoms with Crippen molar-refractivity contribution in [1.29, 1.82) is 0 Å². The molecule has 0 unspecified atom stereocenters. The first-order valence-electron chi connectivity index (χ1n) is 9.21. The molecule has 1 aliphatic heterocycles. The van der Waals surface area contributed by atoms with E-state index < -0.39 is 0 Å². The van der Waals surface area contributed by atoms with Crippen molar-refractivity contribution in [2.24, 2.45) is 0 Å². The molecule has 0 saturated heterocycles. The predicted octanol–water partition coefficient (Wildman–Crippen LogP) is 3.87. The number of aromatic amines is 1. The van der Waals surface area contributed by atoms with Crippen molar-refractivity contribution in [3.05, 3.63) is 65.5 Å². The number of ether oxygens (including phenoxy) is 1. The van der Waals surface area contributed by atoms with Gasteiger partial charge in [-0.25, -0.2) is 4.98 Å². The number of fused-ring (bicyclic) bond motifs is 1. The molecular weight excluding hydrogens is 338 g/mol. The maximum Gasteiger partial charge on any atom is 0.260 e. The zero-order valence-corrected chi connectivity index (χ0v) is 15.7. The highest BCUT2D eigenvalue weighted by molar-refractivity contribution is 5.91. The van der Waals surface area contributed by atoms with Crippen LogP contribution in [0.2, 0.25) is 0 Å². The minimum absolute atomic E-state index is 0.0202. The first kappa shape index (κ1) is 17.3. The van der Waals surface area contributed by atoms with E-state index in [2.05, 4.69) is 22.1 Å². The summed E-state index contributed by atoms with van der Waals surface area (Å²) in [5.41, 5.74) is 5.50. The van der Waals surface area contributed by atoms with Crippen LogP contribution in [0.4, 0.5) is 0 Å². The van der Waals surface area contributed by atoms with Crippen molar-refractivity contribution >= 4 is 22.5 Å². The Morgan fingerprint density at radius 1 is 1.30 bits per heavy atom. The molecule has 0 bridgehead atoms. The van der Waals surface area contributed by atoms with Crippen LogP contribution in [0.3, 0.4) is 0 Å². The number of pyridine rings is 1. The van der Waals surface area contributed by atoms with Gasteiger partial charge >= 0.3 is 0 Å². The van der Waals surface area contributed by atoms with Gasteiger partial charge in [-0.1, -0.05) is 18.2 Å². The van der Waals surface area contributed by atoms with Crippen LogP contribution in [0, 0.1) is 13.8 Å². The number of H-pyrrole nitrogens is 1. The largest absolute Gasteiger partial charge is 0.483 e. The number of carbonyl (C=O) groups excluding carboxylic acids is 1. The molecule has 0 aliphatic carbocycles. The Balaban J connectivity index is 1.41. The van der Waals surface area contributed by atoms with Gasteiger partial charge < -0.3 is 14.6 Å². The number of nitrogens with zero attached hydrogens (tertiary/aromatic N) is 2. The lowest BCUT2D eigenvalue weighted by molar-refractivity contribution is -0.132. The fourth-order valence-electron chi connectivity index (χ4n) is 3.46. The van der Waals surface area contributed by atoms with Gasteiger partial charge in [0.25, 0.3) is 5.91 Å². The van der Waals surface area contributed by atoms with Gasteiger partial charge in [0.2, 0.25) is 0 Å². The van der Waals surface area contributed by atoms with Crippen LogP contribution < -0.4 is 4.74 Å². The standard InChI is InChI=1S/C22H23N3O2/c1-15-5-6-16(2)20(12-15)27-14-21(26)25-10-7-17(8-11-25)19-13-24-22-18(19)4-3-9-23-22/h3-7,9,12-13H,8,10-11,14H2,1-2H3,(H,23,24). The monoisotopic (exact) mass is 361 g/mol. The maximum absolute atomic E-state index is 12.5. The number of carbonyl (C=O) groups is 1. The summed E-state index contributed by atoms with van der Waals surface area (Å²) in [6.07, 6.45) is 6.75. The second kappa shape index (κ2) is 7.27. The van der Waals surface area contributed by atoms with E-state index in [4.69, 9.17) is 4.74 Å². The fraction of sp³-hybridized carbons (Fsp3) is 0.273. The van der Waals surface area contributed by atoms with Crippen LogP contribution in [0.5, 0.6) is 5.75 Å². The molecule has 27 heavy (non-hydrogen) atoms. The number of rotatable bonds is 4. The van der Waals surface area contributed by atoms with Crippen molar-refractivity contribution in [2.75, 3.05) is 19.7 Å². The third kappa shape index (κ3) is 3.58. The number of amides is 1. The molecular formula is C22H23N3O2. The summed E-state index contributed by atoms with van der Waals surface area (Å²) in [7, 11) is 0. The van der Waals surface area contributed by atoms with Crippen molar-refractivity contribution in [3.63, 3.8) is 0 Å². The van der Waals surface area contributed by atoms with E-state index in [1.807, 2.05) is 49.2 Å². The smallest absolute Gasteiger partial charge is 0.260 e. The van der Waals surface area contributed by atoms with Gasteiger partial charge in [0.05, 0.1) is 0 Å². The molecule has 0 spiro atoms. The molecule has 0 atom stereocenters. The summed E-state index contributed by atoms with van der Waals surface area (Å²) in [6.45, 7) is 5.39. The van der Waals surface area contributed by atoms with Crippen LogP contribution in [0.15, 0.2) is 48.8 Å². The number of aromatic nitrogens is 2. The predicted molar refractivity (Wildman–Crippen MR) is 107 cm³/mol. The lowest BCUT2D eigenvalue weighted by Crippen LogP contribution is -2.37. The SMILES string of the molecule is Cc1ccc(C)c(OCC(=O)N2CC=C(c3c[nH]c4ncccc34)CC2)c1. The van der Waals surface area contributed by atoms with E-state index in [0.29, 0.717) is 13.1 Å². The first-order chi connectivity index (χ1) is 13.1. The normalized spacial score (nSPS) is 14.3. The molecule has 0 radical (unpaired) electrons. The Bertz CT molecular complexity index is 1020. The van der Waals surface area contributed by atoms with Gasteiger partial charge in [0.1, 0.15) is 11.4 Å². The number of nitrogens with one attached hydrogen (secondary N) is 1. The van der Waals surface area contributed by atoms with Gasteiger partial charge in [0.15, 0.2) is 6.61 Å². The van der Waals surface area contributed by atoms with Crippen molar-refractivity contribution in [3.8, 4) is 5.75 Å². The molecule has 3 heterocycles. The Labute approximate surface area is 158 Å². The minimum atomic E-state index is 0.0202. The molecule has 3 aromatic rings. The van der Waals surface area contributed by atoms with Gasteiger partial charge in [0, 0.05) is 36.4 Å². The molecule has 1 aliphatic rings. The van der Waals surface area contributed by atoms with Crippen LogP contribution in [-0.4, -0.2) is 40.5 Å². The molecule has 0 saturated carbocycles. The zero-order chi connectivity index (χ0) is 18.8. The zero-order valence-electron chi connectivity index (χ0n) is 15.7.